The second kappa shape index (κ2) is 6.69. The lowest BCUT2D eigenvalue weighted by molar-refractivity contribution is -0.121. The highest BCUT2D eigenvalue weighted by Gasteiger charge is 2.11. The van der Waals surface area contributed by atoms with Crippen molar-refractivity contribution in [2.45, 2.75) is 32.9 Å². The summed E-state index contributed by atoms with van der Waals surface area (Å²) in [6, 6.07) is 7.30. The largest absolute Gasteiger partial charge is 0.353 e. The molecule has 2 N–H and O–H groups in total. The van der Waals surface area contributed by atoms with Crippen molar-refractivity contribution in [3.8, 4) is 0 Å². The molecule has 0 aliphatic heterocycles. The van der Waals surface area contributed by atoms with E-state index < -0.39 is 0 Å². The molecule has 0 saturated heterocycles. The first-order chi connectivity index (χ1) is 11.6. The quantitative estimate of drug-likeness (QED) is 0.701. The number of imidazole rings is 1. The number of amides is 1. The van der Waals surface area contributed by atoms with Crippen molar-refractivity contribution in [1.82, 2.24) is 29.6 Å². The number of rotatable bonds is 6. The van der Waals surface area contributed by atoms with Crippen molar-refractivity contribution in [1.29, 1.82) is 0 Å². The summed E-state index contributed by atoms with van der Waals surface area (Å²) in [5.74, 6) is 0.950. The maximum absolute atomic E-state index is 12.1. The van der Waals surface area contributed by atoms with Gasteiger partial charge in [0.1, 0.15) is 18.7 Å². The summed E-state index contributed by atoms with van der Waals surface area (Å²) in [5, 5.41) is 10.8. The van der Waals surface area contributed by atoms with Crippen LogP contribution in [0, 0.1) is 0 Å². The molecule has 0 saturated carbocycles. The zero-order valence-corrected chi connectivity index (χ0v) is 13.7. The van der Waals surface area contributed by atoms with Gasteiger partial charge in [-0.25, -0.2) is 4.79 Å². The minimum absolute atomic E-state index is 0.0118. The molecule has 0 atom stereocenters. The summed E-state index contributed by atoms with van der Waals surface area (Å²) in [5.41, 5.74) is 1.16. The van der Waals surface area contributed by atoms with Crippen LogP contribution in [0.4, 0.5) is 0 Å². The molecule has 0 radical (unpaired) electrons. The van der Waals surface area contributed by atoms with Crippen LogP contribution in [0.3, 0.4) is 0 Å². The highest BCUT2D eigenvalue weighted by molar-refractivity contribution is 5.80. The van der Waals surface area contributed by atoms with Gasteiger partial charge in [0.05, 0.1) is 11.0 Å². The number of aromatic nitrogens is 5. The van der Waals surface area contributed by atoms with Crippen LogP contribution < -0.4 is 11.0 Å². The van der Waals surface area contributed by atoms with Gasteiger partial charge in [-0.1, -0.05) is 26.0 Å². The number of hydrogen-bond donors (Lipinski definition) is 2. The predicted octanol–water partition coefficient (Wildman–Crippen LogP) is 0.861. The lowest BCUT2D eigenvalue weighted by Gasteiger charge is -2.10. The molecule has 8 heteroatoms. The van der Waals surface area contributed by atoms with E-state index in [9.17, 15) is 9.59 Å². The predicted molar refractivity (Wildman–Crippen MR) is 89.7 cm³/mol. The number of benzene rings is 1. The van der Waals surface area contributed by atoms with E-state index in [2.05, 4.69) is 20.5 Å². The minimum Gasteiger partial charge on any atom is -0.353 e. The van der Waals surface area contributed by atoms with Crippen molar-refractivity contribution >= 4 is 16.9 Å². The van der Waals surface area contributed by atoms with E-state index in [1.807, 2.05) is 42.7 Å². The lowest BCUT2D eigenvalue weighted by atomic mass is 10.2. The molecule has 2 heterocycles. The third-order valence-electron chi connectivity index (χ3n) is 3.82. The van der Waals surface area contributed by atoms with E-state index in [1.165, 1.54) is 4.57 Å². The van der Waals surface area contributed by atoms with Gasteiger partial charge in [0, 0.05) is 19.0 Å². The Bertz CT molecular complexity index is 905. The van der Waals surface area contributed by atoms with E-state index in [0.29, 0.717) is 13.1 Å². The fourth-order valence-electron chi connectivity index (χ4n) is 2.66. The van der Waals surface area contributed by atoms with Crippen molar-refractivity contribution in [2.75, 3.05) is 6.54 Å². The second-order valence-electron chi connectivity index (χ2n) is 5.92. The Kier molecular flexibility index (Phi) is 4.45. The topological polar surface area (TPSA) is 97.6 Å². The van der Waals surface area contributed by atoms with Crippen LogP contribution in [0.5, 0.6) is 0 Å². The Labute approximate surface area is 138 Å². The SMILES string of the molecule is CC(C)c1nncn1CCNC(=O)Cn1c(=O)[nH]c2ccccc21. The van der Waals surface area contributed by atoms with E-state index in [0.717, 1.165) is 16.9 Å². The van der Waals surface area contributed by atoms with Crippen molar-refractivity contribution in [3.05, 3.63) is 46.9 Å². The molecule has 3 aromatic rings. The van der Waals surface area contributed by atoms with Crippen molar-refractivity contribution in [3.63, 3.8) is 0 Å². The molecule has 1 amide bonds. The lowest BCUT2D eigenvalue weighted by Crippen LogP contribution is -2.33. The number of carbonyl (C=O) groups excluding carboxylic acids is 1. The van der Waals surface area contributed by atoms with E-state index >= 15 is 0 Å². The molecule has 126 valence electrons. The summed E-state index contributed by atoms with van der Waals surface area (Å²) >= 11 is 0. The molecule has 1 aromatic carbocycles. The fraction of sp³-hybridized carbons (Fsp3) is 0.375. The van der Waals surface area contributed by atoms with Crippen LogP contribution >= 0.6 is 0 Å². The summed E-state index contributed by atoms with van der Waals surface area (Å²) in [6.07, 6.45) is 1.66. The van der Waals surface area contributed by atoms with E-state index in [4.69, 9.17) is 0 Å². The number of fused-ring (bicyclic) bond motifs is 1. The normalized spacial score (nSPS) is 11.3. The highest BCUT2D eigenvalue weighted by atomic mass is 16.2. The Balaban J connectivity index is 1.61. The second-order valence-corrected chi connectivity index (χ2v) is 5.92. The first-order valence-electron chi connectivity index (χ1n) is 7.88. The van der Waals surface area contributed by atoms with Crippen molar-refractivity contribution in [2.24, 2.45) is 0 Å². The van der Waals surface area contributed by atoms with E-state index in [1.54, 1.807) is 6.33 Å². The third-order valence-corrected chi connectivity index (χ3v) is 3.82. The smallest absolute Gasteiger partial charge is 0.326 e. The minimum atomic E-state index is -0.285. The molecule has 24 heavy (non-hydrogen) atoms. The van der Waals surface area contributed by atoms with Crippen LogP contribution in [0.2, 0.25) is 0 Å². The molecule has 0 aliphatic rings. The number of aromatic amines is 1. The van der Waals surface area contributed by atoms with Gasteiger partial charge in [0.25, 0.3) is 0 Å². The molecule has 0 aliphatic carbocycles. The van der Waals surface area contributed by atoms with Gasteiger partial charge in [-0.2, -0.15) is 0 Å². The Morgan fingerprint density at radius 2 is 2.12 bits per heavy atom. The molecular formula is C16H20N6O2. The number of nitrogens with zero attached hydrogens (tertiary/aromatic N) is 4. The highest BCUT2D eigenvalue weighted by Crippen LogP contribution is 2.10. The van der Waals surface area contributed by atoms with Gasteiger partial charge in [-0.3, -0.25) is 9.36 Å². The van der Waals surface area contributed by atoms with Gasteiger partial charge in [-0.15, -0.1) is 10.2 Å². The van der Waals surface area contributed by atoms with Crippen molar-refractivity contribution < 1.29 is 4.79 Å². The summed E-state index contributed by atoms with van der Waals surface area (Å²) in [4.78, 5) is 26.8. The molecule has 8 nitrogen and oxygen atoms in total. The Morgan fingerprint density at radius 3 is 2.92 bits per heavy atom. The maximum atomic E-state index is 12.1. The first-order valence-corrected chi connectivity index (χ1v) is 7.88. The van der Waals surface area contributed by atoms with E-state index in [-0.39, 0.29) is 24.1 Å². The molecule has 2 aromatic heterocycles. The Hall–Kier alpha value is -2.90. The molecule has 0 unspecified atom stereocenters. The molecule has 3 rings (SSSR count). The molecule has 0 fully saturated rings. The van der Waals surface area contributed by atoms with Crippen LogP contribution in [-0.4, -0.2) is 36.8 Å². The zero-order valence-electron chi connectivity index (χ0n) is 13.7. The number of carbonyl (C=O) groups is 1. The van der Waals surface area contributed by atoms with Crippen LogP contribution in [0.25, 0.3) is 11.0 Å². The Morgan fingerprint density at radius 1 is 1.33 bits per heavy atom. The number of H-pyrrole nitrogens is 1. The summed E-state index contributed by atoms with van der Waals surface area (Å²) in [7, 11) is 0. The number of nitrogens with one attached hydrogen (secondary N) is 2. The van der Waals surface area contributed by atoms with Crippen LogP contribution in [-0.2, 0) is 17.9 Å². The average molecular weight is 328 g/mol. The van der Waals surface area contributed by atoms with Crippen LogP contribution in [0.15, 0.2) is 35.4 Å². The fourth-order valence-corrected chi connectivity index (χ4v) is 2.66. The third kappa shape index (κ3) is 3.22. The molecule has 0 spiro atoms. The van der Waals surface area contributed by atoms with Gasteiger partial charge in [0.15, 0.2) is 0 Å². The van der Waals surface area contributed by atoms with Gasteiger partial charge in [-0.05, 0) is 12.1 Å². The molecular weight excluding hydrogens is 308 g/mol. The van der Waals surface area contributed by atoms with Gasteiger partial charge in [0.2, 0.25) is 5.91 Å². The number of hydrogen-bond acceptors (Lipinski definition) is 4. The first kappa shape index (κ1) is 16.0. The van der Waals surface area contributed by atoms with Gasteiger partial charge < -0.3 is 14.9 Å². The summed E-state index contributed by atoms with van der Waals surface area (Å²) in [6.45, 7) is 5.12. The van der Waals surface area contributed by atoms with Gasteiger partial charge >= 0.3 is 5.69 Å². The maximum Gasteiger partial charge on any atom is 0.326 e. The molecule has 0 bridgehead atoms. The number of para-hydroxylation sites is 2. The summed E-state index contributed by atoms with van der Waals surface area (Å²) < 4.78 is 3.35. The average Bonchev–Trinajstić information content (AvgIpc) is 3.13. The zero-order chi connectivity index (χ0) is 17.1. The van der Waals surface area contributed by atoms with Crippen LogP contribution in [0.1, 0.15) is 25.6 Å². The monoisotopic (exact) mass is 328 g/mol. The standard InChI is InChI=1S/C16H20N6O2/c1-11(2)15-20-18-10-21(15)8-7-17-14(23)9-22-13-6-4-3-5-12(13)19-16(22)24/h3-6,10-11H,7-9H2,1-2H3,(H,17,23)(H,19,24).